The number of carboxylic acids is 1. The Morgan fingerprint density at radius 1 is 1.33 bits per heavy atom. The first kappa shape index (κ1) is 19.1. The highest BCUT2D eigenvalue weighted by molar-refractivity contribution is 6.67. The second-order valence-corrected chi connectivity index (χ2v) is 7.10. The Morgan fingerprint density at radius 2 is 2.04 bits per heavy atom. The third-order valence-electron chi connectivity index (χ3n) is 5.07. The predicted octanol–water partition coefficient (Wildman–Crippen LogP) is 1.76. The number of nitriles is 1. The van der Waals surface area contributed by atoms with Gasteiger partial charge in [0.15, 0.2) is 0 Å². The summed E-state index contributed by atoms with van der Waals surface area (Å²) < 4.78 is 0. The molecule has 1 amide bonds. The molecule has 2 aliphatic heterocycles. The average molecular weight is 391 g/mol. The van der Waals surface area contributed by atoms with E-state index >= 15 is 0 Å². The number of carbonyl (C=O) groups is 3. The van der Waals surface area contributed by atoms with Crippen LogP contribution < -0.4 is 4.90 Å². The van der Waals surface area contributed by atoms with Crippen LogP contribution in [-0.4, -0.2) is 51.7 Å². The van der Waals surface area contributed by atoms with Crippen LogP contribution in [0.2, 0.25) is 0 Å². The number of rotatable bonds is 5. The van der Waals surface area contributed by atoms with Crippen LogP contribution in [0.25, 0.3) is 0 Å². The second-order valence-electron chi connectivity index (χ2n) is 6.76. The highest BCUT2D eigenvalue weighted by Crippen LogP contribution is 2.28. The molecule has 0 aliphatic carbocycles. The van der Waals surface area contributed by atoms with Gasteiger partial charge in [0.05, 0.1) is 29.3 Å². The molecule has 1 aromatic rings. The van der Waals surface area contributed by atoms with E-state index in [0.29, 0.717) is 50.4 Å². The van der Waals surface area contributed by atoms with Crippen LogP contribution in [0.5, 0.6) is 0 Å². The first-order valence-electron chi connectivity index (χ1n) is 8.80. The smallest absolute Gasteiger partial charge is 0.306 e. The van der Waals surface area contributed by atoms with Gasteiger partial charge in [0.25, 0.3) is 5.24 Å². The van der Waals surface area contributed by atoms with Crippen molar-refractivity contribution >= 4 is 34.5 Å². The number of piperidine rings is 1. The molecule has 9 heteroatoms. The lowest BCUT2D eigenvalue weighted by Gasteiger charge is -2.32. The zero-order chi connectivity index (χ0) is 19.6. The maximum atomic E-state index is 11.9. The summed E-state index contributed by atoms with van der Waals surface area (Å²) in [5, 5.41) is 17.9. The van der Waals surface area contributed by atoms with Gasteiger partial charge >= 0.3 is 5.97 Å². The molecule has 3 heterocycles. The molecule has 0 spiro atoms. The van der Waals surface area contributed by atoms with Gasteiger partial charge in [-0.25, -0.2) is 4.98 Å². The molecule has 0 radical (unpaired) electrons. The van der Waals surface area contributed by atoms with Crippen LogP contribution in [0.3, 0.4) is 0 Å². The molecule has 27 heavy (non-hydrogen) atoms. The van der Waals surface area contributed by atoms with Crippen molar-refractivity contribution in [1.82, 2.24) is 9.88 Å². The number of carboxylic acid groups (broad SMARTS) is 1. The molecule has 0 aromatic carbocycles. The maximum Gasteiger partial charge on any atom is 0.306 e. The molecule has 1 aromatic heterocycles. The number of hydrogen-bond acceptors (Lipinski definition) is 6. The van der Waals surface area contributed by atoms with Crippen molar-refractivity contribution < 1.29 is 19.5 Å². The van der Waals surface area contributed by atoms with Crippen molar-refractivity contribution in [1.29, 1.82) is 5.26 Å². The highest BCUT2D eigenvalue weighted by atomic mass is 35.5. The van der Waals surface area contributed by atoms with Gasteiger partial charge < -0.3 is 14.9 Å². The van der Waals surface area contributed by atoms with E-state index in [1.165, 1.54) is 6.07 Å². The molecular weight excluding hydrogens is 372 g/mol. The molecule has 0 bridgehead atoms. The SMILES string of the molecule is N#Cc1cc(C(=O)Cl)c(CN2CCCC2=O)nc1N1CCC(C(=O)O)CC1. The Morgan fingerprint density at radius 3 is 2.56 bits per heavy atom. The summed E-state index contributed by atoms with van der Waals surface area (Å²) >= 11 is 5.68. The van der Waals surface area contributed by atoms with Gasteiger partial charge in [-0.05, 0) is 36.9 Å². The minimum atomic E-state index is -0.820. The Balaban J connectivity index is 1.92. The van der Waals surface area contributed by atoms with Crippen molar-refractivity contribution in [2.24, 2.45) is 5.92 Å². The Bertz CT molecular complexity index is 827. The van der Waals surface area contributed by atoms with E-state index in [-0.39, 0.29) is 23.6 Å². The Labute approximate surface area is 161 Å². The van der Waals surface area contributed by atoms with Gasteiger partial charge in [-0.3, -0.25) is 14.4 Å². The zero-order valence-corrected chi connectivity index (χ0v) is 15.4. The second kappa shape index (κ2) is 7.92. The summed E-state index contributed by atoms with van der Waals surface area (Å²) in [7, 11) is 0. The van der Waals surface area contributed by atoms with Crippen molar-refractivity contribution in [3.8, 4) is 6.07 Å². The van der Waals surface area contributed by atoms with E-state index in [1.807, 2.05) is 11.0 Å². The first-order valence-corrected chi connectivity index (χ1v) is 9.18. The normalized spacial score (nSPS) is 17.9. The number of nitrogens with zero attached hydrogens (tertiary/aromatic N) is 4. The van der Waals surface area contributed by atoms with Crippen LogP contribution >= 0.6 is 11.6 Å². The molecule has 8 nitrogen and oxygen atoms in total. The Hall–Kier alpha value is -2.66. The number of amides is 1. The fraction of sp³-hybridized carbons (Fsp3) is 0.500. The standard InChI is InChI=1S/C18H19ClN4O4/c19-16(25)13-8-12(9-20)17(22-6-3-11(4-7-22)18(26)27)21-14(13)10-23-5-1-2-15(23)24/h8,11H,1-7,10H2,(H,26,27). The monoisotopic (exact) mass is 390 g/mol. The fourth-order valence-electron chi connectivity index (χ4n) is 3.54. The minimum absolute atomic E-state index is 0.00189. The van der Waals surface area contributed by atoms with Crippen molar-refractivity contribution in [2.45, 2.75) is 32.2 Å². The van der Waals surface area contributed by atoms with E-state index < -0.39 is 17.1 Å². The van der Waals surface area contributed by atoms with Crippen molar-refractivity contribution in [3.63, 3.8) is 0 Å². The van der Waals surface area contributed by atoms with Crippen LogP contribution in [-0.2, 0) is 16.1 Å². The van der Waals surface area contributed by atoms with Gasteiger partial charge in [0.1, 0.15) is 11.9 Å². The first-order chi connectivity index (χ1) is 12.9. The number of aliphatic carboxylic acids is 1. The summed E-state index contributed by atoms with van der Waals surface area (Å²) in [6.45, 7) is 1.66. The van der Waals surface area contributed by atoms with E-state index in [4.69, 9.17) is 16.7 Å². The van der Waals surface area contributed by atoms with E-state index in [2.05, 4.69) is 4.98 Å². The Kier molecular flexibility index (Phi) is 5.61. The van der Waals surface area contributed by atoms with Crippen LogP contribution in [0, 0.1) is 17.2 Å². The van der Waals surface area contributed by atoms with Crippen LogP contribution in [0.15, 0.2) is 6.07 Å². The molecule has 1 N–H and O–H groups in total. The minimum Gasteiger partial charge on any atom is -0.481 e. The number of anilines is 1. The molecule has 142 valence electrons. The summed E-state index contributed by atoms with van der Waals surface area (Å²) in [5.41, 5.74) is 0.695. The van der Waals surface area contributed by atoms with Crippen LogP contribution in [0.1, 0.15) is 47.3 Å². The van der Waals surface area contributed by atoms with Crippen molar-refractivity contribution in [2.75, 3.05) is 24.5 Å². The van der Waals surface area contributed by atoms with Gasteiger partial charge in [-0.1, -0.05) is 0 Å². The summed E-state index contributed by atoms with van der Waals surface area (Å²) in [6, 6.07) is 3.45. The lowest BCUT2D eigenvalue weighted by Crippen LogP contribution is -2.37. The summed E-state index contributed by atoms with van der Waals surface area (Å²) in [5.74, 6) is -0.820. The summed E-state index contributed by atoms with van der Waals surface area (Å²) in [6.07, 6.45) is 2.14. The molecule has 0 atom stereocenters. The number of pyridine rings is 1. The lowest BCUT2D eigenvalue weighted by atomic mass is 9.96. The predicted molar refractivity (Wildman–Crippen MR) is 96.4 cm³/mol. The van der Waals surface area contributed by atoms with Crippen LogP contribution in [0.4, 0.5) is 5.82 Å². The largest absolute Gasteiger partial charge is 0.481 e. The summed E-state index contributed by atoms with van der Waals surface area (Å²) in [4.78, 5) is 42.9. The fourth-order valence-corrected chi connectivity index (χ4v) is 3.71. The highest BCUT2D eigenvalue weighted by Gasteiger charge is 2.29. The number of halogens is 1. The molecule has 0 unspecified atom stereocenters. The molecular formula is C18H19ClN4O4. The third-order valence-corrected chi connectivity index (χ3v) is 5.27. The molecule has 3 rings (SSSR count). The van der Waals surface area contributed by atoms with E-state index in [1.54, 1.807) is 4.90 Å². The molecule has 2 fully saturated rings. The van der Waals surface area contributed by atoms with Gasteiger partial charge in [-0.15, -0.1) is 0 Å². The number of aromatic nitrogens is 1. The van der Waals surface area contributed by atoms with Gasteiger partial charge in [-0.2, -0.15) is 5.26 Å². The lowest BCUT2D eigenvalue weighted by molar-refractivity contribution is -0.142. The van der Waals surface area contributed by atoms with Crippen molar-refractivity contribution in [3.05, 3.63) is 22.9 Å². The van der Waals surface area contributed by atoms with Gasteiger partial charge in [0, 0.05) is 26.1 Å². The quantitative estimate of drug-likeness (QED) is 0.761. The zero-order valence-electron chi connectivity index (χ0n) is 14.7. The molecule has 2 aliphatic rings. The molecule has 2 saturated heterocycles. The van der Waals surface area contributed by atoms with E-state index in [9.17, 15) is 19.6 Å². The number of likely N-dealkylation sites (tertiary alicyclic amines) is 1. The molecule has 0 saturated carbocycles. The van der Waals surface area contributed by atoms with E-state index in [0.717, 1.165) is 6.42 Å². The topological polar surface area (TPSA) is 115 Å². The van der Waals surface area contributed by atoms with Gasteiger partial charge in [0.2, 0.25) is 5.91 Å². The third kappa shape index (κ3) is 4.03. The average Bonchev–Trinajstić information content (AvgIpc) is 3.06. The number of hydrogen-bond donors (Lipinski definition) is 1. The maximum absolute atomic E-state index is 11.9. The number of carbonyl (C=O) groups excluding carboxylic acids is 2.